The number of methoxy groups -OCH3 is 1. The second-order valence-electron chi connectivity index (χ2n) is 5.66. The number of halogens is 1. The van der Waals surface area contributed by atoms with Gasteiger partial charge in [-0.05, 0) is 43.9 Å². The third-order valence-corrected chi connectivity index (χ3v) is 5.27. The molecular formula is C17H19FN2O2S. The van der Waals surface area contributed by atoms with E-state index in [1.165, 1.54) is 23.5 Å². The summed E-state index contributed by atoms with van der Waals surface area (Å²) >= 11 is 1.28. The van der Waals surface area contributed by atoms with Crippen LogP contribution in [0.3, 0.4) is 0 Å². The topological polar surface area (TPSA) is 42.4 Å². The number of carbonyl (C=O) groups is 1. The average molecular weight is 334 g/mol. The maximum absolute atomic E-state index is 13.2. The predicted molar refractivity (Wildman–Crippen MR) is 87.4 cm³/mol. The van der Waals surface area contributed by atoms with Crippen LogP contribution in [0, 0.1) is 12.7 Å². The van der Waals surface area contributed by atoms with Crippen molar-refractivity contribution in [3.05, 3.63) is 46.2 Å². The first-order valence-electron chi connectivity index (χ1n) is 7.68. The van der Waals surface area contributed by atoms with Crippen LogP contribution in [-0.2, 0) is 0 Å². The summed E-state index contributed by atoms with van der Waals surface area (Å²) in [5, 5.41) is 0.501. The van der Waals surface area contributed by atoms with Crippen molar-refractivity contribution in [2.45, 2.75) is 32.2 Å². The number of aryl methyl sites for hydroxylation is 1. The summed E-state index contributed by atoms with van der Waals surface area (Å²) in [4.78, 5) is 19.7. The van der Waals surface area contributed by atoms with E-state index in [1.54, 1.807) is 19.2 Å². The van der Waals surface area contributed by atoms with Crippen LogP contribution in [0.5, 0.6) is 5.19 Å². The highest BCUT2D eigenvalue weighted by atomic mass is 32.1. The smallest absolute Gasteiger partial charge is 0.273 e. The number of hydrogen-bond acceptors (Lipinski definition) is 4. The Hall–Kier alpha value is -1.95. The number of hydrogen-bond donors (Lipinski definition) is 0. The Morgan fingerprint density at radius 2 is 2.09 bits per heavy atom. The van der Waals surface area contributed by atoms with Gasteiger partial charge in [0.2, 0.25) is 0 Å². The van der Waals surface area contributed by atoms with Crippen molar-refractivity contribution in [3.63, 3.8) is 0 Å². The van der Waals surface area contributed by atoms with Gasteiger partial charge in [-0.3, -0.25) is 4.79 Å². The fraction of sp³-hybridized carbons (Fsp3) is 0.412. The lowest BCUT2D eigenvalue weighted by atomic mass is 9.95. The van der Waals surface area contributed by atoms with Gasteiger partial charge in [0.05, 0.1) is 18.8 Å². The second kappa shape index (κ2) is 6.66. The zero-order valence-corrected chi connectivity index (χ0v) is 14.0. The molecule has 1 aliphatic rings. The van der Waals surface area contributed by atoms with Crippen molar-refractivity contribution < 1.29 is 13.9 Å². The zero-order chi connectivity index (χ0) is 16.4. The van der Waals surface area contributed by atoms with E-state index in [-0.39, 0.29) is 17.8 Å². The van der Waals surface area contributed by atoms with E-state index >= 15 is 0 Å². The summed E-state index contributed by atoms with van der Waals surface area (Å²) in [7, 11) is 1.55. The van der Waals surface area contributed by atoms with E-state index in [0.717, 1.165) is 24.8 Å². The largest absolute Gasteiger partial charge is 0.473 e. The van der Waals surface area contributed by atoms with E-state index in [1.807, 2.05) is 11.8 Å². The Bertz CT molecular complexity index is 699. The molecule has 3 rings (SSSR count). The highest BCUT2D eigenvalue weighted by Crippen LogP contribution is 2.34. The molecule has 0 saturated carbocycles. The summed E-state index contributed by atoms with van der Waals surface area (Å²) < 4.78 is 18.3. The Labute approximate surface area is 138 Å². The van der Waals surface area contributed by atoms with E-state index in [2.05, 4.69) is 4.98 Å². The van der Waals surface area contributed by atoms with Gasteiger partial charge in [0.1, 0.15) is 10.7 Å². The van der Waals surface area contributed by atoms with Crippen molar-refractivity contribution in [3.8, 4) is 5.19 Å². The maximum atomic E-state index is 13.2. The monoisotopic (exact) mass is 334 g/mol. The van der Waals surface area contributed by atoms with E-state index in [0.29, 0.717) is 22.3 Å². The molecule has 1 aliphatic heterocycles. The van der Waals surface area contributed by atoms with Gasteiger partial charge in [0.15, 0.2) is 0 Å². The molecule has 0 radical (unpaired) electrons. The molecule has 1 amide bonds. The van der Waals surface area contributed by atoms with Gasteiger partial charge >= 0.3 is 0 Å². The number of thiazole rings is 1. The molecule has 1 atom stereocenters. The lowest BCUT2D eigenvalue weighted by Gasteiger charge is -2.36. The van der Waals surface area contributed by atoms with Gasteiger partial charge in [0, 0.05) is 6.54 Å². The van der Waals surface area contributed by atoms with Crippen molar-refractivity contribution in [1.29, 1.82) is 0 Å². The molecule has 0 N–H and O–H groups in total. The number of benzene rings is 1. The molecule has 0 bridgehead atoms. The molecule has 0 spiro atoms. The van der Waals surface area contributed by atoms with Gasteiger partial charge < -0.3 is 9.64 Å². The van der Waals surface area contributed by atoms with Crippen molar-refractivity contribution in [2.24, 2.45) is 0 Å². The van der Waals surface area contributed by atoms with Gasteiger partial charge in [-0.25, -0.2) is 9.37 Å². The number of rotatable bonds is 3. The van der Waals surface area contributed by atoms with Gasteiger partial charge in [-0.1, -0.05) is 23.5 Å². The quantitative estimate of drug-likeness (QED) is 0.853. The summed E-state index contributed by atoms with van der Waals surface area (Å²) in [6.07, 6.45) is 2.95. The predicted octanol–water partition coefficient (Wildman–Crippen LogP) is 3.97. The molecule has 122 valence electrons. The molecule has 23 heavy (non-hydrogen) atoms. The van der Waals surface area contributed by atoms with E-state index in [9.17, 15) is 9.18 Å². The molecule has 1 saturated heterocycles. The second-order valence-corrected chi connectivity index (χ2v) is 6.62. The fourth-order valence-corrected chi connectivity index (χ4v) is 3.83. The molecule has 0 unspecified atom stereocenters. The maximum Gasteiger partial charge on any atom is 0.273 e. The minimum atomic E-state index is -0.259. The minimum Gasteiger partial charge on any atom is -0.473 e. The van der Waals surface area contributed by atoms with Gasteiger partial charge in [0.25, 0.3) is 11.1 Å². The van der Waals surface area contributed by atoms with Crippen LogP contribution in [0.2, 0.25) is 0 Å². The van der Waals surface area contributed by atoms with Crippen LogP contribution in [-0.4, -0.2) is 29.4 Å². The number of carbonyl (C=O) groups excluding carboxylic acids is 1. The van der Waals surface area contributed by atoms with Gasteiger partial charge in [-0.15, -0.1) is 0 Å². The van der Waals surface area contributed by atoms with Crippen molar-refractivity contribution in [1.82, 2.24) is 9.88 Å². The van der Waals surface area contributed by atoms with Crippen molar-refractivity contribution >= 4 is 17.2 Å². The third kappa shape index (κ3) is 3.22. The number of piperidine rings is 1. The minimum absolute atomic E-state index is 0.00987. The molecule has 0 aliphatic carbocycles. The number of nitrogens with zero attached hydrogens (tertiary/aromatic N) is 2. The Balaban J connectivity index is 1.89. The summed E-state index contributed by atoms with van der Waals surface area (Å²) in [5.74, 6) is -0.275. The first kappa shape index (κ1) is 15.9. The summed E-state index contributed by atoms with van der Waals surface area (Å²) in [5.41, 5.74) is 1.67. The Morgan fingerprint density at radius 3 is 2.74 bits per heavy atom. The SMILES string of the molecule is COc1nc(C)c(C(=O)N2CCCC[C@@H]2c2ccc(F)cc2)s1. The number of likely N-dealkylation sites (tertiary alicyclic amines) is 1. The zero-order valence-electron chi connectivity index (χ0n) is 13.2. The molecule has 4 nitrogen and oxygen atoms in total. The molecule has 1 aromatic carbocycles. The fourth-order valence-electron chi connectivity index (χ4n) is 2.99. The Kier molecular flexibility index (Phi) is 4.61. The average Bonchev–Trinajstić information content (AvgIpc) is 2.96. The normalized spacial score (nSPS) is 18.0. The van der Waals surface area contributed by atoms with Crippen LogP contribution in [0.25, 0.3) is 0 Å². The lowest BCUT2D eigenvalue weighted by Crippen LogP contribution is -2.38. The van der Waals surface area contributed by atoms with Crippen LogP contribution in [0.4, 0.5) is 4.39 Å². The third-order valence-electron chi connectivity index (χ3n) is 4.16. The number of ether oxygens (including phenoxy) is 1. The molecule has 1 fully saturated rings. The molecule has 2 heterocycles. The molecular weight excluding hydrogens is 315 g/mol. The van der Waals surface area contributed by atoms with Crippen LogP contribution in [0.15, 0.2) is 24.3 Å². The van der Waals surface area contributed by atoms with E-state index < -0.39 is 0 Å². The standard InChI is InChI=1S/C17H19FN2O2S/c1-11-15(23-17(19-11)22-2)16(21)20-10-4-3-5-14(20)12-6-8-13(18)9-7-12/h6-9,14H,3-5,10H2,1-2H3/t14-/m1/s1. The lowest BCUT2D eigenvalue weighted by molar-refractivity contribution is 0.0615. The Morgan fingerprint density at radius 1 is 1.35 bits per heavy atom. The highest BCUT2D eigenvalue weighted by molar-refractivity contribution is 7.15. The van der Waals surface area contributed by atoms with E-state index in [4.69, 9.17) is 4.74 Å². The number of amides is 1. The van der Waals surface area contributed by atoms with Gasteiger partial charge in [-0.2, -0.15) is 0 Å². The summed E-state index contributed by atoms with van der Waals surface area (Å²) in [6.45, 7) is 2.53. The van der Waals surface area contributed by atoms with Crippen LogP contribution in [0.1, 0.15) is 46.2 Å². The molecule has 1 aromatic heterocycles. The van der Waals surface area contributed by atoms with Crippen LogP contribution < -0.4 is 4.74 Å². The summed E-state index contributed by atoms with van der Waals surface area (Å²) in [6, 6.07) is 6.43. The highest BCUT2D eigenvalue weighted by Gasteiger charge is 2.31. The molecule has 2 aromatic rings. The first-order valence-corrected chi connectivity index (χ1v) is 8.49. The van der Waals surface area contributed by atoms with Crippen molar-refractivity contribution in [2.75, 3.05) is 13.7 Å². The first-order chi connectivity index (χ1) is 11.1. The molecule has 6 heteroatoms. The number of aromatic nitrogens is 1. The van der Waals surface area contributed by atoms with Crippen LogP contribution >= 0.6 is 11.3 Å².